The third-order valence-electron chi connectivity index (χ3n) is 3.91. The first-order valence-corrected chi connectivity index (χ1v) is 6.93. The molecule has 1 aromatic carbocycles. The third kappa shape index (κ3) is 3.07. The number of amides is 1. The highest BCUT2D eigenvalue weighted by atomic mass is 16.2. The highest BCUT2D eigenvalue weighted by Gasteiger charge is 2.32. The molecule has 19 heavy (non-hydrogen) atoms. The highest BCUT2D eigenvalue weighted by molar-refractivity contribution is 5.85. The topological polar surface area (TPSA) is 49.6 Å². The Labute approximate surface area is 115 Å². The second kappa shape index (κ2) is 5.61. The van der Waals surface area contributed by atoms with Gasteiger partial charge in [-0.3, -0.25) is 4.79 Å². The molecule has 0 radical (unpaired) electrons. The van der Waals surface area contributed by atoms with Crippen LogP contribution in [0.25, 0.3) is 0 Å². The van der Waals surface area contributed by atoms with Crippen LogP contribution in [0, 0.1) is 0 Å². The smallest absolute Gasteiger partial charge is 0.242 e. The van der Waals surface area contributed by atoms with Gasteiger partial charge in [0.05, 0.1) is 5.54 Å². The zero-order valence-corrected chi connectivity index (χ0v) is 11.8. The Morgan fingerprint density at radius 1 is 1.21 bits per heavy atom. The number of nitrogens with zero attached hydrogens (tertiary/aromatic N) is 2. The van der Waals surface area contributed by atoms with Crippen LogP contribution in [0.15, 0.2) is 30.3 Å². The summed E-state index contributed by atoms with van der Waals surface area (Å²) in [6.45, 7) is 7.02. The van der Waals surface area contributed by atoms with Crippen molar-refractivity contribution in [1.29, 1.82) is 0 Å². The fourth-order valence-corrected chi connectivity index (χ4v) is 2.32. The number of hydrogen-bond acceptors (Lipinski definition) is 3. The number of carbonyl (C=O) groups is 1. The van der Waals surface area contributed by atoms with Crippen LogP contribution in [0.2, 0.25) is 0 Å². The van der Waals surface area contributed by atoms with Crippen LogP contribution in [-0.2, 0) is 4.79 Å². The average molecular weight is 261 g/mol. The molecule has 1 atom stereocenters. The Kier molecular flexibility index (Phi) is 4.10. The van der Waals surface area contributed by atoms with Gasteiger partial charge in [-0.05, 0) is 25.5 Å². The van der Waals surface area contributed by atoms with Crippen molar-refractivity contribution in [3.8, 4) is 0 Å². The standard InChI is InChI=1S/C15H23N3O/c1-3-15(2,16)14(19)18-11-9-17(10-12-18)13-7-5-4-6-8-13/h4-8H,3,9-12,16H2,1-2H3. The number of rotatable bonds is 3. The second-order valence-electron chi connectivity index (χ2n) is 5.39. The Balaban J connectivity index is 1.95. The molecule has 2 rings (SSSR count). The Morgan fingerprint density at radius 3 is 2.32 bits per heavy atom. The van der Waals surface area contributed by atoms with Gasteiger partial charge in [0.15, 0.2) is 0 Å². The monoisotopic (exact) mass is 261 g/mol. The van der Waals surface area contributed by atoms with Gasteiger partial charge in [0.1, 0.15) is 0 Å². The van der Waals surface area contributed by atoms with E-state index in [9.17, 15) is 4.79 Å². The van der Waals surface area contributed by atoms with Crippen molar-refractivity contribution in [1.82, 2.24) is 4.90 Å². The molecule has 1 unspecified atom stereocenters. The SMILES string of the molecule is CCC(C)(N)C(=O)N1CCN(c2ccccc2)CC1. The zero-order valence-electron chi connectivity index (χ0n) is 11.8. The van der Waals surface area contributed by atoms with Gasteiger partial charge < -0.3 is 15.5 Å². The molecule has 0 bridgehead atoms. The minimum absolute atomic E-state index is 0.0720. The van der Waals surface area contributed by atoms with E-state index in [2.05, 4.69) is 17.0 Å². The Morgan fingerprint density at radius 2 is 1.79 bits per heavy atom. The number of carbonyl (C=O) groups excluding carboxylic acids is 1. The van der Waals surface area contributed by atoms with E-state index < -0.39 is 5.54 Å². The van der Waals surface area contributed by atoms with Crippen molar-refractivity contribution < 1.29 is 4.79 Å². The van der Waals surface area contributed by atoms with Gasteiger partial charge in [0, 0.05) is 31.9 Å². The summed E-state index contributed by atoms with van der Waals surface area (Å²) in [4.78, 5) is 16.5. The molecule has 0 aromatic heterocycles. The molecule has 0 saturated carbocycles. The lowest BCUT2D eigenvalue weighted by molar-refractivity contribution is -0.136. The van der Waals surface area contributed by atoms with Gasteiger partial charge in [-0.15, -0.1) is 0 Å². The first-order valence-electron chi connectivity index (χ1n) is 6.93. The van der Waals surface area contributed by atoms with E-state index in [1.54, 1.807) is 0 Å². The number of para-hydroxylation sites is 1. The van der Waals surface area contributed by atoms with Gasteiger partial charge in [0.2, 0.25) is 5.91 Å². The summed E-state index contributed by atoms with van der Waals surface area (Å²) in [7, 11) is 0. The van der Waals surface area contributed by atoms with Gasteiger partial charge in [-0.25, -0.2) is 0 Å². The molecular formula is C15H23N3O. The van der Waals surface area contributed by atoms with Gasteiger partial charge in [-0.2, -0.15) is 0 Å². The fraction of sp³-hybridized carbons (Fsp3) is 0.533. The number of nitrogens with two attached hydrogens (primary N) is 1. The zero-order chi connectivity index (χ0) is 13.9. The quantitative estimate of drug-likeness (QED) is 0.896. The van der Waals surface area contributed by atoms with Gasteiger partial charge in [0.25, 0.3) is 0 Å². The first-order chi connectivity index (χ1) is 9.04. The number of hydrogen-bond donors (Lipinski definition) is 1. The van der Waals surface area contributed by atoms with Crippen molar-refractivity contribution >= 4 is 11.6 Å². The maximum absolute atomic E-state index is 12.3. The van der Waals surface area contributed by atoms with Gasteiger partial charge in [-0.1, -0.05) is 25.1 Å². The van der Waals surface area contributed by atoms with Crippen LogP contribution >= 0.6 is 0 Å². The summed E-state index contributed by atoms with van der Waals surface area (Å²) in [6.07, 6.45) is 0.671. The molecule has 1 heterocycles. The lowest BCUT2D eigenvalue weighted by Gasteiger charge is -2.39. The summed E-state index contributed by atoms with van der Waals surface area (Å²) < 4.78 is 0. The number of benzene rings is 1. The maximum Gasteiger partial charge on any atom is 0.242 e. The van der Waals surface area contributed by atoms with E-state index in [4.69, 9.17) is 5.73 Å². The Bertz CT molecular complexity index is 422. The van der Waals surface area contributed by atoms with Crippen molar-refractivity contribution in [3.63, 3.8) is 0 Å². The third-order valence-corrected chi connectivity index (χ3v) is 3.91. The molecule has 1 fully saturated rings. The van der Waals surface area contributed by atoms with Crippen LogP contribution < -0.4 is 10.6 Å². The lowest BCUT2D eigenvalue weighted by Crippen LogP contribution is -2.58. The van der Waals surface area contributed by atoms with E-state index in [1.807, 2.05) is 36.9 Å². The molecule has 4 nitrogen and oxygen atoms in total. The largest absolute Gasteiger partial charge is 0.368 e. The van der Waals surface area contributed by atoms with Crippen molar-refractivity contribution in [3.05, 3.63) is 30.3 Å². The lowest BCUT2D eigenvalue weighted by atomic mass is 9.98. The molecule has 0 spiro atoms. The summed E-state index contributed by atoms with van der Waals surface area (Å²) in [5.74, 6) is 0.0720. The Hall–Kier alpha value is -1.55. The summed E-state index contributed by atoms with van der Waals surface area (Å²) in [6, 6.07) is 10.3. The molecule has 1 aliphatic rings. The molecule has 4 heteroatoms. The minimum atomic E-state index is -0.727. The first kappa shape index (κ1) is 13.9. The fourth-order valence-electron chi connectivity index (χ4n) is 2.32. The van der Waals surface area contributed by atoms with Crippen molar-refractivity contribution in [2.24, 2.45) is 5.73 Å². The number of anilines is 1. The second-order valence-corrected chi connectivity index (χ2v) is 5.39. The molecule has 1 saturated heterocycles. The molecule has 1 aromatic rings. The summed E-state index contributed by atoms with van der Waals surface area (Å²) >= 11 is 0. The molecular weight excluding hydrogens is 238 g/mol. The van der Waals surface area contributed by atoms with Crippen LogP contribution in [0.4, 0.5) is 5.69 Å². The maximum atomic E-state index is 12.3. The van der Waals surface area contributed by atoms with E-state index in [0.29, 0.717) is 6.42 Å². The van der Waals surface area contributed by atoms with E-state index in [0.717, 1.165) is 26.2 Å². The van der Waals surface area contributed by atoms with E-state index >= 15 is 0 Å². The van der Waals surface area contributed by atoms with E-state index in [1.165, 1.54) is 5.69 Å². The van der Waals surface area contributed by atoms with Crippen LogP contribution in [0.3, 0.4) is 0 Å². The minimum Gasteiger partial charge on any atom is -0.368 e. The van der Waals surface area contributed by atoms with Crippen LogP contribution in [0.1, 0.15) is 20.3 Å². The normalized spacial score (nSPS) is 19.1. The molecule has 2 N–H and O–H groups in total. The summed E-state index contributed by atoms with van der Waals surface area (Å²) in [5, 5.41) is 0. The van der Waals surface area contributed by atoms with Gasteiger partial charge >= 0.3 is 0 Å². The number of piperazine rings is 1. The van der Waals surface area contributed by atoms with Crippen molar-refractivity contribution in [2.45, 2.75) is 25.8 Å². The van der Waals surface area contributed by atoms with E-state index in [-0.39, 0.29) is 5.91 Å². The van der Waals surface area contributed by atoms with Crippen LogP contribution in [0.5, 0.6) is 0 Å². The highest BCUT2D eigenvalue weighted by Crippen LogP contribution is 2.17. The van der Waals surface area contributed by atoms with Crippen LogP contribution in [-0.4, -0.2) is 42.5 Å². The molecule has 1 aliphatic heterocycles. The summed E-state index contributed by atoms with van der Waals surface area (Å²) in [5.41, 5.74) is 6.53. The molecule has 0 aliphatic carbocycles. The predicted molar refractivity (Wildman–Crippen MR) is 78.1 cm³/mol. The average Bonchev–Trinajstić information content (AvgIpc) is 2.47. The molecule has 104 valence electrons. The predicted octanol–water partition coefficient (Wildman–Crippen LogP) is 1.46. The van der Waals surface area contributed by atoms with Crippen molar-refractivity contribution in [2.75, 3.05) is 31.1 Å². The molecule has 1 amide bonds.